The van der Waals surface area contributed by atoms with Crippen LogP contribution in [0.15, 0.2) is 29.2 Å². The van der Waals surface area contributed by atoms with Gasteiger partial charge in [-0.15, -0.1) is 11.8 Å². The molecule has 2 nitrogen and oxygen atoms in total. The van der Waals surface area contributed by atoms with E-state index in [9.17, 15) is 8.78 Å². The molecule has 1 fully saturated rings. The van der Waals surface area contributed by atoms with Gasteiger partial charge in [-0.1, -0.05) is 12.1 Å². The topological polar surface area (TPSA) is 15.3 Å². The zero-order chi connectivity index (χ0) is 13.7. The van der Waals surface area contributed by atoms with Crippen LogP contribution in [0.5, 0.6) is 0 Å². The van der Waals surface area contributed by atoms with Crippen LogP contribution < -0.4 is 5.32 Å². The lowest BCUT2D eigenvalue weighted by atomic mass is 10.0. The molecule has 2 rings (SSSR count). The van der Waals surface area contributed by atoms with E-state index in [-0.39, 0.29) is 12.5 Å². The zero-order valence-corrected chi connectivity index (χ0v) is 11.9. The van der Waals surface area contributed by atoms with Gasteiger partial charge in [0, 0.05) is 43.5 Å². The number of rotatable bonds is 5. The summed E-state index contributed by atoms with van der Waals surface area (Å²) < 4.78 is 25.6. The molecular weight excluding hydrogens is 266 g/mol. The Balaban J connectivity index is 2.14. The fraction of sp³-hybridized carbons (Fsp3) is 0.571. The highest BCUT2D eigenvalue weighted by atomic mass is 32.2. The van der Waals surface area contributed by atoms with Crippen molar-refractivity contribution >= 4 is 11.8 Å². The Hall–Kier alpha value is -0.650. The van der Waals surface area contributed by atoms with Gasteiger partial charge in [-0.3, -0.25) is 4.90 Å². The van der Waals surface area contributed by atoms with Crippen molar-refractivity contribution in [3.63, 3.8) is 0 Å². The highest BCUT2D eigenvalue weighted by molar-refractivity contribution is 7.98. The Bertz CT molecular complexity index is 378. The Morgan fingerprint density at radius 2 is 1.84 bits per heavy atom. The van der Waals surface area contributed by atoms with Gasteiger partial charge in [0.1, 0.15) is 0 Å². The van der Waals surface area contributed by atoms with Crippen molar-refractivity contribution in [3.05, 3.63) is 29.8 Å². The van der Waals surface area contributed by atoms with Crippen LogP contribution in [0.3, 0.4) is 0 Å². The molecule has 0 aromatic heterocycles. The number of piperazine rings is 1. The third kappa shape index (κ3) is 4.16. The van der Waals surface area contributed by atoms with Gasteiger partial charge in [0.15, 0.2) is 0 Å². The molecule has 1 N–H and O–H groups in total. The first-order valence-corrected chi connectivity index (χ1v) is 7.80. The molecule has 0 unspecified atom stereocenters. The van der Waals surface area contributed by atoms with Crippen molar-refractivity contribution in [1.29, 1.82) is 0 Å². The summed E-state index contributed by atoms with van der Waals surface area (Å²) in [7, 11) is 0. The average molecular weight is 286 g/mol. The number of hydrogen-bond acceptors (Lipinski definition) is 3. The molecule has 19 heavy (non-hydrogen) atoms. The molecule has 1 atom stereocenters. The number of nitrogens with zero attached hydrogens (tertiary/aromatic N) is 1. The summed E-state index contributed by atoms with van der Waals surface area (Å²) in [6.07, 6.45) is -0.333. The Morgan fingerprint density at radius 3 is 2.37 bits per heavy atom. The van der Waals surface area contributed by atoms with E-state index < -0.39 is 6.43 Å². The minimum absolute atomic E-state index is 0.0847. The minimum atomic E-state index is -2.26. The predicted molar refractivity (Wildman–Crippen MR) is 76.0 cm³/mol. The van der Waals surface area contributed by atoms with E-state index in [4.69, 9.17) is 0 Å². The number of nitrogens with one attached hydrogen (secondary N) is 1. The van der Waals surface area contributed by atoms with Crippen molar-refractivity contribution in [2.24, 2.45) is 0 Å². The van der Waals surface area contributed by atoms with E-state index in [1.807, 2.05) is 30.5 Å². The lowest BCUT2D eigenvalue weighted by molar-refractivity contribution is 0.0739. The monoisotopic (exact) mass is 286 g/mol. The minimum Gasteiger partial charge on any atom is -0.314 e. The predicted octanol–water partition coefficient (Wildman–Crippen LogP) is 3.01. The molecule has 106 valence electrons. The number of thioether (sulfide) groups is 1. The molecule has 5 heteroatoms. The summed E-state index contributed by atoms with van der Waals surface area (Å²) >= 11 is 1.67. The van der Waals surface area contributed by atoms with Crippen LogP contribution in [0.2, 0.25) is 0 Å². The molecule has 1 aromatic rings. The van der Waals surface area contributed by atoms with Crippen LogP contribution in [-0.4, -0.2) is 43.8 Å². The summed E-state index contributed by atoms with van der Waals surface area (Å²) in [5.41, 5.74) is 1.00. The number of hydrogen-bond donors (Lipinski definition) is 1. The molecule has 0 aliphatic carbocycles. The summed E-state index contributed by atoms with van der Waals surface area (Å²) in [4.78, 5) is 3.33. The second kappa shape index (κ2) is 7.22. The Morgan fingerprint density at radius 1 is 1.21 bits per heavy atom. The van der Waals surface area contributed by atoms with Gasteiger partial charge in [0.05, 0.1) is 0 Å². The van der Waals surface area contributed by atoms with Crippen molar-refractivity contribution in [2.75, 3.05) is 32.4 Å². The first-order chi connectivity index (χ1) is 9.20. The summed E-state index contributed by atoms with van der Waals surface area (Å²) in [6.45, 7) is 3.43. The third-order valence-corrected chi connectivity index (χ3v) is 4.24. The van der Waals surface area contributed by atoms with Gasteiger partial charge in [-0.25, -0.2) is 8.78 Å². The van der Waals surface area contributed by atoms with Crippen LogP contribution >= 0.6 is 11.8 Å². The van der Waals surface area contributed by atoms with E-state index in [0.29, 0.717) is 0 Å². The molecular formula is C14H20F2N2S. The normalized spacial score (nSPS) is 18.7. The molecule has 1 aromatic carbocycles. The maximum atomic E-state index is 12.8. The van der Waals surface area contributed by atoms with Crippen LogP contribution in [0.4, 0.5) is 8.78 Å². The second-order valence-corrected chi connectivity index (χ2v) is 5.58. The van der Waals surface area contributed by atoms with Crippen molar-refractivity contribution in [1.82, 2.24) is 10.2 Å². The molecule has 1 heterocycles. The van der Waals surface area contributed by atoms with E-state index in [0.717, 1.165) is 31.7 Å². The second-order valence-electron chi connectivity index (χ2n) is 4.70. The number of halogens is 2. The fourth-order valence-corrected chi connectivity index (χ4v) is 2.89. The van der Waals surface area contributed by atoms with Crippen molar-refractivity contribution in [3.8, 4) is 0 Å². The van der Waals surface area contributed by atoms with Gasteiger partial charge in [-0.2, -0.15) is 0 Å². The Labute approximate surface area is 117 Å². The highest BCUT2D eigenvalue weighted by Gasteiger charge is 2.25. The number of benzene rings is 1. The average Bonchev–Trinajstić information content (AvgIpc) is 2.46. The lowest BCUT2D eigenvalue weighted by Crippen LogP contribution is -2.45. The molecule has 0 saturated carbocycles. The molecule has 0 radical (unpaired) electrons. The van der Waals surface area contributed by atoms with Crippen LogP contribution in [0.25, 0.3) is 0 Å². The van der Waals surface area contributed by atoms with Crippen molar-refractivity contribution in [2.45, 2.75) is 23.8 Å². The Kier molecular flexibility index (Phi) is 5.60. The summed E-state index contributed by atoms with van der Waals surface area (Å²) in [5, 5.41) is 3.26. The van der Waals surface area contributed by atoms with Crippen molar-refractivity contribution < 1.29 is 8.78 Å². The van der Waals surface area contributed by atoms with Crippen LogP contribution in [0, 0.1) is 0 Å². The fourth-order valence-electron chi connectivity index (χ4n) is 2.48. The largest absolute Gasteiger partial charge is 0.314 e. The van der Waals surface area contributed by atoms with Gasteiger partial charge in [-0.05, 0) is 24.0 Å². The van der Waals surface area contributed by atoms with E-state index in [1.165, 1.54) is 4.90 Å². The maximum absolute atomic E-state index is 12.8. The molecule has 1 aliphatic heterocycles. The summed E-state index contributed by atoms with van der Waals surface area (Å²) in [5.74, 6) is 0. The summed E-state index contributed by atoms with van der Waals surface area (Å²) in [6, 6.07) is 7.83. The smallest absolute Gasteiger partial charge is 0.240 e. The van der Waals surface area contributed by atoms with E-state index in [1.54, 1.807) is 11.8 Å². The van der Waals surface area contributed by atoms with Crippen LogP contribution in [0.1, 0.15) is 18.0 Å². The zero-order valence-electron chi connectivity index (χ0n) is 11.1. The molecule has 1 saturated heterocycles. The number of alkyl halides is 2. The maximum Gasteiger partial charge on any atom is 0.240 e. The van der Waals surface area contributed by atoms with E-state index in [2.05, 4.69) is 10.2 Å². The highest BCUT2D eigenvalue weighted by Crippen LogP contribution is 2.29. The standard InChI is InChI=1S/C14H20F2N2S/c1-19-12-4-2-11(3-5-12)13(10-14(15)16)18-8-6-17-7-9-18/h2-5,13-14,17H,6-10H2,1H3/t13-/m0/s1. The van der Waals surface area contributed by atoms with Gasteiger partial charge < -0.3 is 5.32 Å². The van der Waals surface area contributed by atoms with E-state index >= 15 is 0 Å². The first kappa shape index (κ1) is 14.8. The first-order valence-electron chi connectivity index (χ1n) is 6.57. The van der Waals surface area contributed by atoms with Gasteiger partial charge in [0.2, 0.25) is 6.43 Å². The van der Waals surface area contributed by atoms with Gasteiger partial charge >= 0.3 is 0 Å². The van der Waals surface area contributed by atoms with Gasteiger partial charge in [0.25, 0.3) is 0 Å². The molecule has 0 bridgehead atoms. The third-order valence-electron chi connectivity index (χ3n) is 3.49. The molecule has 1 aliphatic rings. The SMILES string of the molecule is CSc1ccc([C@H](CC(F)F)N2CCNCC2)cc1. The van der Waals surface area contributed by atoms with Crippen LogP contribution in [-0.2, 0) is 0 Å². The lowest BCUT2D eigenvalue weighted by Gasteiger charge is -2.35. The molecule has 0 spiro atoms. The molecule has 0 amide bonds. The quantitative estimate of drug-likeness (QED) is 0.838.